The Morgan fingerprint density at radius 3 is 2.94 bits per heavy atom. The predicted octanol–water partition coefficient (Wildman–Crippen LogP) is 2.31. The number of hydrogen-bond acceptors (Lipinski definition) is 5. The lowest BCUT2D eigenvalue weighted by molar-refractivity contribution is -0.167. The smallest absolute Gasteiger partial charge is 0.345 e. The molecule has 7 heteroatoms. The number of aromatic nitrogens is 1. The Bertz CT molecular complexity index is 568. The summed E-state index contributed by atoms with van der Waals surface area (Å²) >= 11 is 1.51. The van der Waals surface area contributed by atoms with Crippen LogP contribution in [0.5, 0.6) is 0 Å². The molecule has 0 unspecified atom stereocenters. The van der Waals surface area contributed by atoms with Crippen molar-refractivity contribution in [2.45, 2.75) is 12.7 Å². The van der Waals surface area contributed by atoms with Crippen LogP contribution >= 0.6 is 11.3 Å². The Hall–Kier alpha value is -1.47. The maximum atomic E-state index is 12.0. The van der Waals surface area contributed by atoms with Crippen molar-refractivity contribution in [2.24, 2.45) is 0 Å². The molecule has 96 valence electrons. The average Bonchev–Trinajstić information content (AvgIpc) is 2.64. The predicted molar refractivity (Wildman–Crippen MR) is 67.1 cm³/mol. The molecule has 0 aliphatic carbocycles. The number of alkyl halides is 2. The third kappa shape index (κ3) is 2.11. The van der Waals surface area contributed by atoms with Crippen molar-refractivity contribution in [3.63, 3.8) is 0 Å². The van der Waals surface area contributed by atoms with Gasteiger partial charge in [-0.25, -0.2) is 4.98 Å². The van der Waals surface area contributed by atoms with Crippen LogP contribution in [0.4, 0.5) is 19.6 Å². The van der Waals surface area contributed by atoms with Gasteiger partial charge in [-0.1, -0.05) is 11.3 Å². The molecule has 0 atom stereocenters. The molecule has 2 aromatic rings. The SMILES string of the molecule is Nc1ccc2nc(N3CC(OC(F)F)C3)sc2c1. The van der Waals surface area contributed by atoms with Crippen LogP contribution < -0.4 is 10.6 Å². The van der Waals surface area contributed by atoms with Crippen molar-refractivity contribution in [1.82, 2.24) is 4.98 Å². The van der Waals surface area contributed by atoms with E-state index in [2.05, 4.69) is 9.72 Å². The first-order chi connectivity index (χ1) is 8.61. The van der Waals surface area contributed by atoms with E-state index < -0.39 is 12.7 Å². The molecule has 3 rings (SSSR count). The van der Waals surface area contributed by atoms with Gasteiger partial charge in [-0.15, -0.1) is 0 Å². The number of rotatable bonds is 3. The fraction of sp³-hybridized carbons (Fsp3) is 0.364. The van der Waals surface area contributed by atoms with Gasteiger partial charge in [0.05, 0.1) is 16.3 Å². The molecule has 4 nitrogen and oxygen atoms in total. The molecular weight excluding hydrogens is 260 g/mol. The van der Waals surface area contributed by atoms with E-state index in [1.54, 1.807) is 6.07 Å². The van der Waals surface area contributed by atoms with Gasteiger partial charge in [-0.3, -0.25) is 0 Å². The van der Waals surface area contributed by atoms with Crippen molar-refractivity contribution in [1.29, 1.82) is 0 Å². The molecule has 0 radical (unpaired) electrons. The highest BCUT2D eigenvalue weighted by atomic mass is 32.1. The summed E-state index contributed by atoms with van der Waals surface area (Å²) in [7, 11) is 0. The summed E-state index contributed by atoms with van der Waals surface area (Å²) < 4.78 is 29.4. The first kappa shape index (κ1) is 11.6. The second kappa shape index (κ2) is 4.33. The summed E-state index contributed by atoms with van der Waals surface area (Å²) in [5.41, 5.74) is 7.27. The molecule has 0 bridgehead atoms. The van der Waals surface area contributed by atoms with E-state index in [1.807, 2.05) is 17.0 Å². The van der Waals surface area contributed by atoms with Crippen LogP contribution in [0.3, 0.4) is 0 Å². The molecule has 0 saturated carbocycles. The molecule has 0 spiro atoms. The van der Waals surface area contributed by atoms with Crippen LogP contribution in [0.15, 0.2) is 18.2 Å². The number of benzene rings is 1. The van der Waals surface area contributed by atoms with Crippen LogP contribution in [0.25, 0.3) is 10.2 Å². The minimum absolute atomic E-state index is 0.401. The zero-order valence-corrected chi connectivity index (χ0v) is 10.2. The Balaban J connectivity index is 1.73. The number of nitrogen functional groups attached to an aromatic ring is 1. The van der Waals surface area contributed by atoms with Crippen molar-refractivity contribution >= 4 is 32.4 Å². The van der Waals surface area contributed by atoms with Gasteiger partial charge in [-0.2, -0.15) is 8.78 Å². The highest BCUT2D eigenvalue weighted by Crippen LogP contribution is 2.33. The standard InChI is InChI=1S/C11H11F2N3OS/c12-10(13)17-7-4-16(5-7)11-15-8-2-1-6(14)3-9(8)18-11/h1-3,7,10H,4-5,14H2. The molecule has 1 aromatic heterocycles. The first-order valence-electron chi connectivity index (χ1n) is 5.46. The lowest BCUT2D eigenvalue weighted by atomic mass is 10.2. The molecular formula is C11H11F2N3OS. The van der Waals surface area contributed by atoms with Crippen LogP contribution in [-0.4, -0.2) is 30.8 Å². The highest BCUT2D eigenvalue weighted by molar-refractivity contribution is 7.22. The molecule has 1 aliphatic heterocycles. The Morgan fingerprint density at radius 2 is 2.22 bits per heavy atom. The van der Waals surface area contributed by atoms with Crippen LogP contribution in [0, 0.1) is 0 Å². The van der Waals surface area contributed by atoms with E-state index in [4.69, 9.17) is 5.73 Å². The van der Waals surface area contributed by atoms with Gasteiger partial charge in [0.1, 0.15) is 0 Å². The average molecular weight is 271 g/mol. The van der Waals surface area contributed by atoms with E-state index >= 15 is 0 Å². The molecule has 1 aromatic carbocycles. The van der Waals surface area contributed by atoms with E-state index in [9.17, 15) is 8.78 Å². The number of fused-ring (bicyclic) bond motifs is 1. The Morgan fingerprint density at radius 1 is 1.44 bits per heavy atom. The number of nitrogens with two attached hydrogens (primary N) is 1. The quantitative estimate of drug-likeness (QED) is 0.870. The molecule has 2 N–H and O–H groups in total. The maximum Gasteiger partial charge on any atom is 0.345 e. The summed E-state index contributed by atoms with van der Waals surface area (Å²) in [4.78, 5) is 6.36. The van der Waals surface area contributed by atoms with Crippen molar-refractivity contribution in [3.8, 4) is 0 Å². The monoisotopic (exact) mass is 271 g/mol. The fourth-order valence-electron chi connectivity index (χ4n) is 1.89. The number of ether oxygens (including phenoxy) is 1. The number of nitrogens with zero attached hydrogens (tertiary/aromatic N) is 2. The minimum atomic E-state index is -2.70. The van der Waals surface area contributed by atoms with Gasteiger partial charge in [0.15, 0.2) is 5.13 Å². The fourth-order valence-corrected chi connectivity index (χ4v) is 2.92. The number of anilines is 2. The largest absolute Gasteiger partial charge is 0.399 e. The van der Waals surface area contributed by atoms with Crippen molar-refractivity contribution in [3.05, 3.63) is 18.2 Å². The van der Waals surface area contributed by atoms with E-state index in [0.717, 1.165) is 15.3 Å². The lowest BCUT2D eigenvalue weighted by Crippen LogP contribution is -2.52. The topological polar surface area (TPSA) is 51.4 Å². The second-order valence-electron chi connectivity index (χ2n) is 4.15. The molecule has 1 saturated heterocycles. The van der Waals surface area contributed by atoms with E-state index in [-0.39, 0.29) is 0 Å². The minimum Gasteiger partial charge on any atom is -0.399 e. The van der Waals surface area contributed by atoms with Crippen LogP contribution in [0.1, 0.15) is 0 Å². The molecule has 1 fully saturated rings. The zero-order valence-electron chi connectivity index (χ0n) is 9.35. The molecule has 18 heavy (non-hydrogen) atoms. The van der Waals surface area contributed by atoms with Crippen molar-refractivity contribution < 1.29 is 13.5 Å². The molecule has 1 aliphatic rings. The normalized spacial score (nSPS) is 16.5. The molecule has 0 amide bonds. The van der Waals surface area contributed by atoms with Gasteiger partial charge in [0.2, 0.25) is 0 Å². The Kier molecular flexibility index (Phi) is 2.79. The van der Waals surface area contributed by atoms with Gasteiger partial charge >= 0.3 is 6.61 Å². The third-order valence-corrected chi connectivity index (χ3v) is 3.89. The van der Waals surface area contributed by atoms with Crippen LogP contribution in [-0.2, 0) is 4.74 Å². The molecule has 2 heterocycles. The number of thiazole rings is 1. The zero-order chi connectivity index (χ0) is 12.7. The third-order valence-electron chi connectivity index (χ3n) is 2.82. The highest BCUT2D eigenvalue weighted by Gasteiger charge is 2.31. The Labute approximate surface area is 106 Å². The van der Waals surface area contributed by atoms with Crippen LogP contribution in [0.2, 0.25) is 0 Å². The number of halogens is 2. The summed E-state index contributed by atoms with van der Waals surface area (Å²) in [5.74, 6) is 0. The summed E-state index contributed by atoms with van der Waals surface area (Å²) in [6, 6.07) is 5.52. The van der Waals surface area contributed by atoms with Gasteiger partial charge < -0.3 is 15.4 Å². The summed E-state index contributed by atoms with van der Waals surface area (Å²) in [6.45, 7) is -1.79. The van der Waals surface area contributed by atoms with E-state index in [1.165, 1.54) is 11.3 Å². The van der Waals surface area contributed by atoms with Crippen molar-refractivity contribution in [2.75, 3.05) is 23.7 Å². The van der Waals surface area contributed by atoms with Gasteiger partial charge in [0.25, 0.3) is 0 Å². The lowest BCUT2D eigenvalue weighted by Gasteiger charge is -2.38. The summed E-state index contributed by atoms with van der Waals surface area (Å²) in [5, 5.41) is 0.824. The van der Waals surface area contributed by atoms with E-state index in [0.29, 0.717) is 18.8 Å². The van der Waals surface area contributed by atoms with Gasteiger partial charge in [-0.05, 0) is 18.2 Å². The number of hydrogen-bond donors (Lipinski definition) is 1. The summed E-state index contributed by atoms with van der Waals surface area (Å²) in [6.07, 6.45) is -0.401. The maximum absolute atomic E-state index is 12.0. The van der Waals surface area contributed by atoms with Gasteiger partial charge in [0, 0.05) is 18.8 Å². The first-order valence-corrected chi connectivity index (χ1v) is 6.28. The second-order valence-corrected chi connectivity index (χ2v) is 5.16.